The van der Waals surface area contributed by atoms with Crippen molar-refractivity contribution < 1.29 is 4.74 Å². The smallest absolute Gasteiger partial charge is 0.191 e. The molecule has 3 rings (SSSR count). The third kappa shape index (κ3) is 7.38. The van der Waals surface area contributed by atoms with Crippen LogP contribution in [0.2, 0.25) is 0 Å². The van der Waals surface area contributed by atoms with Gasteiger partial charge in [0.1, 0.15) is 0 Å². The molecule has 2 aromatic rings. The molecule has 0 radical (unpaired) electrons. The first-order chi connectivity index (χ1) is 14.3. The Morgan fingerprint density at radius 2 is 1.76 bits per heavy atom. The highest BCUT2D eigenvalue weighted by Gasteiger charge is 2.19. The Morgan fingerprint density at radius 1 is 1.07 bits per heavy atom. The van der Waals surface area contributed by atoms with Crippen molar-refractivity contribution in [3.63, 3.8) is 0 Å². The predicted octanol–water partition coefficient (Wildman–Crippen LogP) is 3.61. The molecule has 0 aliphatic carbocycles. The normalized spacial score (nSPS) is 16.0. The summed E-state index contributed by atoms with van der Waals surface area (Å²) in [5.74, 6) is 0.878. The van der Waals surface area contributed by atoms with Crippen LogP contribution >= 0.6 is 11.8 Å². The molecule has 156 valence electrons. The van der Waals surface area contributed by atoms with Crippen LogP contribution in [0.3, 0.4) is 0 Å². The summed E-state index contributed by atoms with van der Waals surface area (Å²) in [6.45, 7) is 4.82. The van der Waals surface area contributed by atoms with E-state index in [1.54, 1.807) is 18.9 Å². The number of likely N-dealkylation sites (tertiary alicyclic amines) is 1. The highest BCUT2D eigenvalue weighted by molar-refractivity contribution is 7.99. The molecule has 0 aromatic heterocycles. The van der Waals surface area contributed by atoms with Gasteiger partial charge < -0.3 is 20.3 Å². The van der Waals surface area contributed by atoms with Gasteiger partial charge in [-0.25, -0.2) is 0 Å². The van der Waals surface area contributed by atoms with Crippen molar-refractivity contribution in [3.05, 3.63) is 60.2 Å². The fourth-order valence-electron chi connectivity index (χ4n) is 3.40. The molecule has 0 atom stereocenters. The fourth-order valence-corrected chi connectivity index (χ4v) is 4.23. The molecule has 2 aromatic carbocycles. The maximum absolute atomic E-state index is 5.18. The summed E-state index contributed by atoms with van der Waals surface area (Å²) in [5, 5.41) is 7.02. The Morgan fingerprint density at radius 3 is 2.41 bits per heavy atom. The summed E-state index contributed by atoms with van der Waals surface area (Å²) in [6, 6.07) is 19.7. The lowest BCUT2D eigenvalue weighted by Crippen LogP contribution is -2.48. The molecule has 0 unspecified atom stereocenters. The lowest BCUT2D eigenvalue weighted by atomic mass is 10.1. The third-order valence-electron chi connectivity index (χ3n) is 5.13. The van der Waals surface area contributed by atoms with E-state index in [-0.39, 0.29) is 0 Å². The molecule has 0 spiro atoms. The monoisotopic (exact) mass is 412 g/mol. The Labute approximate surface area is 178 Å². The SMILES string of the molecule is CN=C(NCc1ccc(Sc2ccccc2)cc1)NC1CCN(CCOC)CC1. The molecule has 0 saturated carbocycles. The highest BCUT2D eigenvalue weighted by atomic mass is 32.2. The van der Waals surface area contributed by atoms with Gasteiger partial charge in [0.2, 0.25) is 0 Å². The average molecular weight is 413 g/mol. The zero-order valence-corrected chi connectivity index (χ0v) is 18.3. The van der Waals surface area contributed by atoms with Gasteiger partial charge in [0.05, 0.1) is 6.61 Å². The summed E-state index contributed by atoms with van der Waals surface area (Å²) in [5.41, 5.74) is 1.25. The quantitative estimate of drug-likeness (QED) is 0.512. The van der Waals surface area contributed by atoms with Crippen LogP contribution in [0, 0.1) is 0 Å². The zero-order valence-electron chi connectivity index (χ0n) is 17.4. The molecule has 5 nitrogen and oxygen atoms in total. The summed E-state index contributed by atoms with van der Waals surface area (Å²) < 4.78 is 5.18. The van der Waals surface area contributed by atoms with Gasteiger partial charge in [0.15, 0.2) is 5.96 Å². The Bertz CT molecular complexity index is 743. The van der Waals surface area contributed by atoms with Crippen LogP contribution in [0.4, 0.5) is 0 Å². The lowest BCUT2D eigenvalue weighted by molar-refractivity contribution is 0.128. The Hall–Kier alpha value is -2.02. The molecule has 0 amide bonds. The predicted molar refractivity (Wildman–Crippen MR) is 122 cm³/mol. The third-order valence-corrected chi connectivity index (χ3v) is 6.14. The second kappa shape index (κ2) is 11.9. The molecular weight excluding hydrogens is 380 g/mol. The van der Waals surface area contributed by atoms with Crippen molar-refractivity contribution in [2.45, 2.75) is 35.2 Å². The van der Waals surface area contributed by atoms with Crippen molar-refractivity contribution in [2.75, 3.05) is 40.4 Å². The van der Waals surface area contributed by atoms with Crippen LogP contribution < -0.4 is 10.6 Å². The van der Waals surface area contributed by atoms with E-state index in [1.807, 2.05) is 13.1 Å². The van der Waals surface area contributed by atoms with Gasteiger partial charge >= 0.3 is 0 Å². The number of ether oxygens (including phenoxy) is 1. The topological polar surface area (TPSA) is 48.9 Å². The van der Waals surface area contributed by atoms with Gasteiger partial charge in [-0.2, -0.15) is 0 Å². The van der Waals surface area contributed by atoms with Gasteiger partial charge in [-0.15, -0.1) is 0 Å². The van der Waals surface area contributed by atoms with Crippen molar-refractivity contribution >= 4 is 17.7 Å². The van der Waals surface area contributed by atoms with Gasteiger partial charge in [-0.1, -0.05) is 42.1 Å². The number of aliphatic imine (C=N–C) groups is 1. The molecule has 6 heteroatoms. The highest BCUT2D eigenvalue weighted by Crippen LogP contribution is 2.27. The number of benzene rings is 2. The first kappa shape index (κ1) is 21.7. The van der Waals surface area contributed by atoms with Crippen molar-refractivity contribution in [1.82, 2.24) is 15.5 Å². The second-order valence-electron chi connectivity index (χ2n) is 7.24. The first-order valence-electron chi connectivity index (χ1n) is 10.3. The molecule has 29 heavy (non-hydrogen) atoms. The number of hydrogen-bond acceptors (Lipinski definition) is 4. The molecule has 1 aliphatic heterocycles. The number of hydrogen-bond donors (Lipinski definition) is 2. The number of nitrogens with zero attached hydrogens (tertiary/aromatic N) is 2. The number of methoxy groups -OCH3 is 1. The van der Waals surface area contributed by atoms with E-state index in [1.165, 1.54) is 15.4 Å². The maximum Gasteiger partial charge on any atom is 0.191 e. The number of piperidine rings is 1. The summed E-state index contributed by atoms with van der Waals surface area (Å²) in [6.07, 6.45) is 2.27. The van der Waals surface area contributed by atoms with Gasteiger partial charge in [-0.05, 0) is 42.7 Å². The minimum atomic E-state index is 0.477. The summed E-state index contributed by atoms with van der Waals surface area (Å²) in [4.78, 5) is 9.37. The molecule has 1 saturated heterocycles. The van der Waals surface area contributed by atoms with Crippen LogP contribution in [0.5, 0.6) is 0 Å². The second-order valence-corrected chi connectivity index (χ2v) is 8.38. The molecule has 0 bridgehead atoms. The van der Waals surface area contributed by atoms with E-state index in [4.69, 9.17) is 4.74 Å². The largest absolute Gasteiger partial charge is 0.383 e. The number of nitrogens with one attached hydrogen (secondary N) is 2. The first-order valence-corrected chi connectivity index (χ1v) is 11.1. The van der Waals surface area contributed by atoms with Crippen molar-refractivity contribution in [2.24, 2.45) is 4.99 Å². The van der Waals surface area contributed by atoms with Gasteiger partial charge in [0.25, 0.3) is 0 Å². The number of rotatable bonds is 8. The van der Waals surface area contributed by atoms with Crippen LogP contribution in [-0.4, -0.2) is 57.3 Å². The van der Waals surface area contributed by atoms with Gasteiger partial charge in [-0.3, -0.25) is 4.99 Å². The van der Waals surface area contributed by atoms with E-state index in [0.717, 1.165) is 51.6 Å². The van der Waals surface area contributed by atoms with Crippen LogP contribution in [-0.2, 0) is 11.3 Å². The Kier molecular flexibility index (Phi) is 8.86. The van der Waals surface area contributed by atoms with E-state index >= 15 is 0 Å². The summed E-state index contributed by atoms with van der Waals surface area (Å²) in [7, 11) is 3.60. The van der Waals surface area contributed by atoms with Crippen molar-refractivity contribution in [3.8, 4) is 0 Å². The van der Waals surface area contributed by atoms with E-state index in [2.05, 4.69) is 69.1 Å². The number of guanidine groups is 1. The Balaban J connectivity index is 1.41. The molecular formula is C23H32N4OS. The maximum atomic E-state index is 5.18. The zero-order chi connectivity index (χ0) is 20.3. The van der Waals surface area contributed by atoms with Gasteiger partial charge in [0, 0.05) is 56.2 Å². The van der Waals surface area contributed by atoms with E-state index in [0.29, 0.717) is 6.04 Å². The molecule has 2 N–H and O–H groups in total. The summed E-state index contributed by atoms with van der Waals surface area (Å²) >= 11 is 1.79. The lowest BCUT2D eigenvalue weighted by Gasteiger charge is -2.32. The van der Waals surface area contributed by atoms with E-state index in [9.17, 15) is 0 Å². The van der Waals surface area contributed by atoms with Crippen LogP contribution in [0.15, 0.2) is 69.4 Å². The van der Waals surface area contributed by atoms with Crippen molar-refractivity contribution in [1.29, 1.82) is 0 Å². The van der Waals surface area contributed by atoms with E-state index < -0.39 is 0 Å². The average Bonchev–Trinajstić information content (AvgIpc) is 2.77. The molecule has 1 aliphatic rings. The molecule has 1 heterocycles. The molecule has 1 fully saturated rings. The fraction of sp³-hybridized carbons (Fsp3) is 0.435. The minimum Gasteiger partial charge on any atom is -0.383 e. The standard InChI is InChI=1S/C23H32N4OS/c1-24-23(26-20-12-14-27(15-13-20)16-17-28-2)25-18-19-8-10-22(11-9-19)29-21-6-4-3-5-7-21/h3-11,20H,12-18H2,1-2H3,(H2,24,25,26). The van der Waals surface area contributed by atoms with Crippen LogP contribution in [0.25, 0.3) is 0 Å². The van der Waals surface area contributed by atoms with Crippen LogP contribution in [0.1, 0.15) is 18.4 Å². The minimum absolute atomic E-state index is 0.477.